The van der Waals surface area contributed by atoms with E-state index in [2.05, 4.69) is 46.0 Å². The van der Waals surface area contributed by atoms with Gasteiger partial charge in [-0.15, -0.1) is 0 Å². The molecule has 0 amide bonds. The van der Waals surface area contributed by atoms with Gasteiger partial charge in [0, 0.05) is 50.4 Å². The van der Waals surface area contributed by atoms with Crippen LogP contribution in [0.5, 0.6) is 23.0 Å². The number of aromatic nitrogens is 2. The first kappa shape index (κ1) is 27.6. The lowest BCUT2D eigenvalue weighted by Gasteiger charge is -2.23. The Morgan fingerprint density at radius 1 is 0.538 bits per heavy atom. The first-order chi connectivity index (χ1) is 18.9. The van der Waals surface area contributed by atoms with Crippen molar-refractivity contribution in [2.75, 3.05) is 65.4 Å². The number of benzene rings is 2. The van der Waals surface area contributed by atoms with Crippen molar-refractivity contribution in [1.82, 2.24) is 9.97 Å². The fourth-order valence-corrected chi connectivity index (χ4v) is 4.28. The van der Waals surface area contributed by atoms with Gasteiger partial charge in [0.05, 0.1) is 63.6 Å². The molecule has 39 heavy (non-hydrogen) atoms. The van der Waals surface area contributed by atoms with Crippen LogP contribution in [0.15, 0.2) is 73.1 Å². The third kappa shape index (κ3) is 6.90. The van der Waals surface area contributed by atoms with Crippen LogP contribution in [-0.4, -0.2) is 65.6 Å². The number of ether oxygens (including phenoxy) is 4. The molecule has 2 aromatic carbocycles. The van der Waals surface area contributed by atoms with Crippen LogP contribution >= 0.6 is 0 Å². The second kappa shape index (κ2) is 12.9. The van der Waals surface area contributed by atoms with Gasteiger partial charge >= 0.3 is 0 Å². The van der Waals surface area contributed by atoms with Crippen LogP contribution in [0, 0.1) is 0 Å². The summed E-state index contributed by atoms with van der Waals surface area (Å²) >= 11 is 0. The zero-order valence-electron chi connectivity index (χ0n) is 23.5. The minimum atomic E-state index is 0.738. The highest BCUT2D eigenvalue weighted by atomic mass is 16.5. The molecule has 2 aromatic heterocycles. The van der Waals surface area contributed by atoms with Crippen LogP contribution in [-0.2, 0) is 0 Å². The van der Waals surface area contributed by atoms with E-state index < -0.39 is 0 Å². The molecule has 204 valence electrons. The van der Waals surface area contributed by atoms with Crippen molar-refractivity contribution >= 4 is 11.4 Å². The quantitative estimate of drug-likeness (QED) is 0.228. The summed E-state index contributed by atoms with van der Waals surface area (Å²) in [5.74, 6) is 2.95. The van der Waals surface area contributed by atoms with Gasteiger partial charge in [-0.05, 0) is 55.0 Å². The van der Waals surface area contributed by atoms with Crippen molar-refractivity contribution in [1.29, 1.82) is 0 Å². The van der Waals surface area contributed by atoms with Crippen LogP contribution in [0.4, 0.5) is 11.4 Å². The zero-order chi connectivity index (χ0) is 27.8. The number of anilines is 2. The summed E-state index contributed by atoms with van der Waals surface area (Å²) in [6.07, 6.45) is 4.79. The third-order valence-electron chi connectivity index (χ3n) is 6.66. The molecule has 0 radical (unpaired) electrons. The monoisotopic (exact) mass is 528 g/mol. The van der Waals surface area contributed by atoms with E-state index >= 15 is 0 Å². The maximum absolute atomic E-state index is 5.39. The highest BCUT2D eigenvalue weighted by molar-refractivity contribution is 5.66. The first-order valence-corrected chi connectivity index (χ1v) is 12.8. The molecule has 4 aromatic rings. The van der Waals surface area contributed by atoms with E-state index in [0.717, 1.165) is 76.4 Å². The summed E-state index contributed by atoms with van der Waals surface area (Å²) in [5, 5.41) is 0. The highest BCUT2D eigenvalue weighted by Gasteiger charge is 2.10. The Morgan fingerprint density at radius 2 is 0.897 bits per heavy atom. The Hall–Kier alpha value is -4.46. The first-order valence-electron chi connectivity index (χ1n) is 12.8. The van der Waals surface area contributed by atoms with Gasteiger partial charge in [-0.1, -0.05) is 0 Å². The lowest BCUT2D eigenvalue weighted by molar-refractivity contribution is 0.394. The lowest BCUT2D eigenvalue weighted by Crippen LogP contribution is -2.25. The largest absolute Gasteiger partial charge is 0.497 e. The molecule has 0 aliphatic heterocycles. The molecule has 0 spiro atoms. The molecule has 0 bridgehead atoms. The SMILES string of the molecule is COc1cc(OC)cc(-c2ccc(N(C)CCCN(C)c3ccc(-c4cc(OC)cc(OC)c4)nc3)cn2)c1. The molecular formula is C31H36N4O4. The van der Waals surface area contributed by atoms with E-state index in [1.807, 2.05) is 60.9 Å². The second-order valence-electron chi connectivity index (χ2n) is 9.20. The van der Waals surface area contributed by atoms with E-state index in [-0.39, 0.29) is 0 Å². The van der Waals surface area contributed by atoms with E-state index in [4.69, 9.17) is 18.9 Å². The Balaban J connectivity index is 1.33. The maximum Gasteiger partial charge on any atom is 0.123 e. The number of hydrogen-bond donors (Lipinski definition) is 0. The molecule has 0 atom stereocenters. The van der Waals surface area contributed by atoms with Gasteiger partial charge in [0.1, 0.15) is 23.0 Å². The van der Waals surface area contributed by atoms with E-state index in [0.29, 0.717) is 0 Å². The Kier molecular flexibility index (Phi) is 9.10. The average Bonchev–Trinajstić information content (AvgIpc) is 3.00. The Bertz CT molecular complexity index is 1210. The van der Waals surface area contributed by atoms with Gasteiger partial charge in [0.2, 0.25) is 0 Å². The molecule has 2 heterocycles. The predicted octanol–water partition coefficient (Wildman–Crippen LogP) is 5.81. The number of rotatable bonds is 12. The van der Waals surface area contributed by atoms with Crippen molar-refractivity contribution in [2.24, 2.45) is 0 Å². The lowest BCUT2D eigenvalue weighted by atomic mass is 10.1. The molecule has 8 heteroatoms. The van der Waals surface area contributed by atoms with Crippen LogP contribution in [0.1, 0.15) is 6.42 Å². The summed E-state index contributed by atoms with van der Waals surface area (Å²) in [7, 11) is 10.8. The number of nitrogens with zero attached hydrogens (tertiary/aromatic N) is 4. The molecule has 0 aliphatic rings. The van der Waals surface area contributed by atoms with Crippen LogP contribution < -0.4 is 28.7 Å². The zero-order valence-corrected chi connectivity index (χ0v) is 23.5. The van der Waals surface area contributed by atoms with Crippen molar-refractivity contribution < 1.29 is 18.9 Å². The molecule has 0 saturated carbocycles. The van der Waals surface area contributed by atoms with Gasteiger partial charge in [0.25, 0.3) is 0 Å². The summed E-state index contributed by atoms with van der Waals surface area (Å²) in [4.78, 5) is 13.8. The van der Waals surface area contributed by atoms with Gasteiger partial charge in [0.15, 0.2) is 0 Å². The molecule has 0 aliphatic carbocycles. The standard InChI is InChI=1S/C31H36N4O4/c1-34(24-8-10-30(32-20-24)22-14-26(36-3)18-27(15-22)37-4)12-7-13-35(2)25-9-11-31(33-21-25)23-16-28(38-5)19-29(17-23)39-6/h8-11,14-21H,7,12-13H2,1-6H3. The number of hydrogen-bond acceptors (Lipinski definition) is 8. The molecule has 0 saturated heterocycles. The predicted molar refractivity (Wildman–Crippen MR) is 157 cm³/mol. The minimum absolute atomic E-state index is 0.738. The van der Waals surface area contributed by atoms with Gasteiger partial charge < -0.3 is 28.7 Å². The fraction of sp³-hybridized carbons (Fsp3) is 0.290. The summed E-state index contributed by atoms with van der Waals surface area (Å²) in [5.41, 5.74) is 5.77. The van der Waals surface area contributed by atoms with E-state index in [1.165, 1.54) is 0 Å². The summed E-state index contributed by atoms with van der Waals surface area (Å²) in [6, 6.07) is 19.8. The normalized spacial score (nSPS) is 10.6. The molecule has 0 N–H and O–H groups in total. The fourth-order valence-electron chi connectivity index (χ4n) is 4.28. The van der Waals surface area contributed by atoms with Gasteiger partial charge in [-0.3, -0.25) is 9.97 Å². The molecule has 8 nitrogen and oxygen atoms in total. The van der Waals surface area contributed by atoms with E-state index in [1.54, 1.807) is 28.4 Å². The average molecular weight is 529 g/mol. The minimum Gasteiger partial charge on any atom is -0.497 e. The number of methoxy groups -OCH3 is 4. The number of pyridine rings is 2. The van der Waals surface area contributed by atoms with Crippen molar-refractivity contribution in [3.8, 4) is 45.5 Å². The Labute approximate surface area is 230 Å². The second-order valence-corrected chi connectivity index (χ2v) is 9.20. The molecular weight excluding hydrogens is 492 g/mol. The van der Waals surface area contributed by atoms with Crippen LogP contribution in [0.3, 0.4) is 0 Å². The van der Waals surface area contributed by atoms with Gasteiger partial charge in [-0.2, -0.15) is 0 Å². The summed E-state index contributed by atoms with van der Waals surface area (Å²) < 4.78 is 21.5. The summed E-state index contributed by atoms with van der Waals surface area (Å²) in [6.45, 7) is 1.79. The molecule has 0 unspecified atom stereocenters. The van der Waals surface area contributed by atoms with E-state index in [9.17, 15) is 0 Å². The third-order valence-corrected chi connectivity index (χ3v) is 6.66. The van der Waals surface area contributed by atoms with Crippen LogP contribution in [0.25, 0.3) is 22.5 Å². The maximum atomic E-state index is 5.39. The van der Waals surface area contributed by atoms with Crippen molar-refractivity contribution in [3.63, 3.8) is 0 Å². The molecule has 4 rings (SSSR count). The van der Waals surface area contributed by atoms with Crippen LogP contribution in [0.2, 0.25) is 0 Å². The highest BCUT2D eigenvalue weighted by Crippen LogP contribution is 2.30. The molecule has 0 fully saturated rings. The smallest absolute Gasteiger partial charge is 0.123 e. The van der Waals surface area contributed by atoms with Crippen molar-refractivity contribution in [2.45, 2.75) is 6.42 Å². The van der Waals surface area contributed by atoms with Crippen molar-refractivity contribution in [3.05, 3.63) is 73.1 Å². The Morgan fingerprint density at radius 3 is 1.18 bits per heavy atom. The van der Waals surface area contributed by atoms with Gasteiger partial charge in [-0.25, -0.2) is 0 Å². The topological polar surface area (TPSA) is 69.2 Å².